The lowest BCUT2D eigenvalue weighted by Gasteiger charge is -2.18. The van der Waals surface area contributed by atoms with Gasteiger partial charge in [0.25, 0.3) is 5.91 Å². The van der Waals surface area contributed by atoms with Crippen LogP contribution < -0.4 is 4.74 Å². The van der Waals surface area contributed by atoms with Crippen molar-refractivity contribution in [1.29, 1.82) is 5.26 Å². The lowest BCUT2D eigenvalue weighted by molar-refractivity contribution is 0.0772. The Morgan fingerprint density at radius 2 is 2.14 bits per heavy atom. The quantitative estimate of drug-likeness (QED) is 0.645. The SMILES string of the molecule is CN(Cc1ccc(Cl)c(Oc2cc(Cl)cc(C#N)c2)c1F)C(=O)c1ncc[nH]1. The van der Waals surface area contributed by atoms with E-state index in [0.29, 0.717) is 0 Å². The van der Waals surface area contributed by atoms with Crippen molar-refractivity contribution in [3.05, 3.63) is 75.5 Å². The lowest BCUT2D eigenvalue weighted by Crippen LogP contribution is -2.27. The zero-order valence-corrected chi connectivity index (χ0v) is 16.1. The van der Waals surface area contributed by atoms with Crippen LogP contribution in [0.2, 0.25) is 10.0 Å². The number of amides is 1. The summed E-state index contributed by atoms with van der Waals surface area (Å²) >= 11 is 12.0. The second kappa shape index (κ2) is 8.30. The van der Waals surface area contributed by atoms with E-state index >= 15 is 0 Å². The smallest absolute Gasteiger partial charge is 0.289 e. The number of benzene rings is 2. The fourth-order valence-corrected chi connectivity index (χ4v) is 2.89. The van der Waals surface area contributed by atoms with Crippen LogP contribution in [0.1, 0.15) is 21.7 Å². The van der Waals surface area contributed by atoms with Crippen LogP contribution in [0.15, 0.2) is 42.7 Å². The molecule has 3 aromatic rings. The summed E-state index contributed by atoms with van der Waals surface area (Å²) in [4.78, 5) is 20.2. The van der Waals surface area contributed by atoms with Gasteiger partial charge >= 0.3 is 0 Å². The Bertz CT molecular complexity index is 1060. The molecule has 0 bridgehead atoms. The van der Waals surface area contributed by atoms with Crippen LogP contribution in [0.4, 0.5) is 4.39 Å². The van der Waals surface area contributed by atoms with Crippen LogP contribution in [0.3, 0.4) is 0 Å². The largest absolute Gasteiger partial charge is 0.453 e. The highest BCUT2D eigenvalue weighted by Gasteiger charge is 2.20. The van der Waals surface area contributed by atoms with Crippen molar-refractivity contribution < 1.29 is 13.9 Å². The van der Waals surface area contributed by atoms with Gasteiger partial charge in [-0.1, -0.05) is 29.3 Å². The maximum Gasteiger partial charge on any atom is 0.289 e. The predicted molar refractivity (Wildman–Crippen MR) is 102 cm³/mol. The Hall–Kier alpha value is -3.08. The number of nitrogens with zero attached hydrogens (tertiary/aromatic N) is 3. The number of carbonyl (C=O) groups is 1. The summed E-state index contributed by atoms with van der Waals surface area (Å²) in [5.74, 6) is -1.01. The summed E-state index contributed by atoms with van der Waals surface area (Å²) in [6, 6.07) is 9.19. The molecule has 1 N–H and O–H groups in total. The number of halogens is 3. The summed E-state index contributed by atoms with van der Waals surface area (Å²) in [5.41, 5.74) is 0.461. The second-order valence-electron chi connectivity index (χ2n) is 5.84. The van der Waals surface area contributed by atoms with Crippen LogP contribution in [0.5, 0.6) is 11.5 Å². The molecule has 142 valence electrons. The number of hydrogen-bond donors (Lipinski definition) is 1. The first-order valence-corrected chi connectivity index (χ1v) is 8.75. The summed E-state index contributed by atoms with van der Waals surface area (Å²) in [5, 5.41) is 9.34. The Morgan fingerprint density at radius 1 is 1.36 bits per heavy atom. The van der Waals surface area contributed by atoms with E-state index in [1.54, 1.807) is 0 Å². The first-order valence-electron chi connectivity index (χ1n) is 7.99. The number of nitriles is 1. The predicted octanol–water partition coefficient (Wildman–Crippen LogP) is 4.79. The van der Waals surface area contributed by atoms with Crippen LogP contribution >= 0.6 is 23.2 Å². The maximum atomic E-state index is 15.0. The van der Waals surface area contributed by atoms with Crippen molar-refractivity contribution in [1.82, 2.24) is 14.9 Å². The van der Waals surface area contributed by atoms with E-state index < -0.39 is 11.7 Å². The highest BCUT2D eigenvalue weighted by molar-refractivity contribution is 6.32. The molecular weight excluding hydrogens is 406 g/mol. The van der Waals surface area contributed by atoms with Crippen LogP contribution in [0, 0.1) is 17.1 Å². The molecule has 2 aromatic carbocycles. The first kappa shape index (κ1) is 19.7. The van der Waals surface area contributed by atoms with Gasteiger partial charge in [-0.15, -0.1) is 0 Å². The van der Waals surface area contributed by atoms with Crippen LogP contribution in [-0.2, 0) is 6.54 Å². The zero-order valence-electron chi connectivity index (χ0n) is 14.5. The van der Waals surface area contributed by atoms with Gasteiger partial charge in [-0.3, -0.25) is 4.79 Å². The third-order valence-corrected chi connectivity index (χ3v) is 4.32. The van der Waals surface area contributed by atoms with Crippen molar-refractivity contribution in [2.75, 3.05) is 7.05 Å². The Morgan fingerprint density at radius 3 is 2.82 bits per heavy atom. The number of ether oxygens (including phenoxy) is 1. The number of H-pyrrole nitrogens is 1. The number of aromatic amines is 1. The zero-order chi connectivity index (χ0) is 20.3. The molecule has 0 aliphatic rings. The summed E-state index contributed by atoms with van der Waals surface area (Å²) in [6.45, 7) is -0.0299. The van der Waals surface area contributed by atoms with Crippen molar-refractivity contribution in [3.63, 3.8) is 0 Å². The Balaban J connectivity index is 1.87. The monoisotopic (exact) mass is 418 g/mol. The van der Waals surface area contributed by atoms with E-state index in [0.717, 1.165) is 0 Å². The molecule has 0 fully saturated rings. The second-order valence-corrected chi connectivity index (χ2v) is 6.68. The standard InChI is InChI=1S/C19H13Cl2FN4O2/c1-26(19(27)18-24-4-5-25-18)10-12-2-3-15(21)17(16(12)22)28-14-7-11(9-23)6-13(20)8-14/h2-8H,10H2,1H3,(H,24,25). The fraction of sp³-hybridized carbons (Fsp3) is 0.105. The van der Waals surface area contributed by atoms with Gasteiger partial charge in [0.05, 0.1) is 16.7 Å². The molecule has 9 heteroatoms. The van der Waals surface area contributed by atoms with Crippen molar-refractivity contribution in [2.24, 2.45) is 0 Å². The normalized spacial score (nSPS) is 10.4. The average Bonchev–Trinajstić information content (AvgIpc) is 3.21. The summed E-state index contributed by atoms with van der Waals surface area (Å²) in [6.07, 6.45) is 2.98. The molecule has 1 aromatic heterocycles. The topological polar surface area (TPSA) is 82.0 Å². The molecular formula is C19H13Cl2FN4O2. The van der Waals surface area contributed by atoms with Crippen molar-refractivity contribution in [3.8, 4) is 17.6 Å². The van der Waals surface area contributed by atoms with E-state index in [1.165, 1.54) is 54.7 Å². The van der Waals surface area contributed by atoms with Crippen LogP contribution in [0.25, 0.3) is 0 Å². The summed E-state index contributed by atoms with van der Waals surface area (Å²) < 4.78 is 20.6. The molecule has 28 heavy (non-hydrogen) atoms. The number of imidazole rings is 1. The van der Waals surface area contributed by atoms with Gasteiger partial charge in [-0.2, -0.15) is 5.26 Å². The maximum absolute atomic E-state index is 15.0. The fourth-order valence-electron chi connectivity index (χ4n) is 2.48. The number of nitrogens with one attached hydrogen (secondary N) is 1. The molecule has 0 spiro atoms. The number of aromatic nitrogens is 2. The third kappa shape index (κ3) is 4.25. The average molecular weight is 419 g/mol. The molecule has 0 aliphatic carbocycles. The molecule has 0 atom stereocenters. The van der Waals surface area contributed by atoms with Crippen LogP contribution in [-0.4, -0.2) is 27.8 Å². The molecule has 3 rings (SSSR count). The van der Waals surface area contributed by atoms with E-state index in [9.17, 15) is 9.18 Å². The molecule has 0 radical (unpaired) electrons. The number of hydrogen-bond acceptors (Lipinski definition) is 4. The molecule has 0 saturated heterocycles. The molecule has 6 nitrogen and oxygen atoms in total. The van der Waals surface area contributed by atoms with Gasteiger partial charge in [-0.25, -0.2) is 9.37 Å². The van der Waals surface area contributed by atoms with Crippen molar-refractivity contribution >= 4 is 29.1 Å². The Labute approximate surface area is 170 Å². The van der Waals surface area contributed by atoms with E-state index in [-0.39, 0.29) is 45.0 Å². The molecule has 1 amide bonds. The van der Waals surface area contributed by atoms with Gasteiger partial charge in [0, 0.05) is 36.6 Å². The molecule has 0 aliphatic heterocycles. The minimum absolute atomic E-state index is 0.0299. The highest BCUT2D eigenvalue weighted by Crippen LogP contribution is 2.35. The van der Waals surface area contributed by atoms with Gasteiger partial charge in [0.1, 0.15) is 5.75 Å². The highest BCUT2D eigenvalue weighted by atomic mass is 35.5. The van der Waals surface area contributed by atoms with E-state index in [1.807, 2.05) is 6.07 Å². The van der Waals surface area contributed by atoms with Gasteiger partial charge < -0.3 is 14.6 Å². The molecule has 0 unspecified atom stereocenters. The molecule has 0 saturated carbocycles. The van der Waals surface area contributed by atoms with Gasteiger partial charge in [-0.05, 0) is 24.3 Å². The van der Waals surface area contributed by atoms with Gasteiger partial charge in [0.15, 0.2) is 17.4 Å². The lowest BCUT2D eigenvalue weighted by atomic mass is 10.1. The first-order chi connectivity index (χ1) is 13.4. The number of carbonyl (C=O) groups excluding carboxylic acids is 1. The van der Waals surface area contributed by atoms with Crippen molar-refractivity contribution in [2.45, 2.75) is 6.54 Å². The summed E-state index contributed by atoms with van der Waals surface area (Å²) in [7, 11) is 1.52. The minimum Gasteiger partial charge on any atom is -0.453 e. The van der Waals surface area contributed by atoms with Gasteiger partial charge in [0.2, 0.25) is 0 Å². The minimum atomic E-state index is -0.718. The third-order valence-electron chi connectivity index (χ3n) is 3.80. The van der Waals surface area contributed by atoms with E-state index in [2.05, 4.69) is 9.97 Å². The number of rotatable bonds is 5. The van der Waals surface area contributed by atoms with E-state index in [4.69, 9.17) is 33.2 Å². The molecule has 1 heterocycles. The Kier molecular flexibility index (Phi) is 5.83.